The fourth-order valence-electron chi connectivity index (χ4n) is 0.998. The number of carbonyl (C=O) groups excluding carboxylic acids is 1. The minimum absolute atomic E-state index is 0.112. The van der Waals surface area contributed by atoms with Crippen LogP contribution in [0.15, 0.2) is 12.2 Å². The number of hydrogen-bond acceptors (Lipinski definition) is 3. The minimum atomic E-state index is -0.284. The van der Waals surface area contributed by atoms with E-state index in [1.54, 1.807) is 0 Å². The number of nitrogens with one attached hydrogen (secondary N) is 1. The first-order valence-electron chi connectivity index (χ1n) is 4.76. The van der Waals surface area contributed by atoms with Crippen LogP contribution in [0.3, 0.4) is 0 Å². The molecule has 4 nitrogen and oxygen atoms in total. The summed E-state index contributed by atoms with van der Waals surface area (Å²) in [6.07, 6.45) is 0.362. The molecule has 0 aromatic carbocycles. The molecule has 0 saturated carbocycles. The molecule has 0 aromatic heterocycles. The summed E-state index contributed by atoms with van der Waals surface area (Å²) >= 11 is 0. The highest BCUT2D eigenvalue weighted by Crippen LogP contribution is 1.89. The van der Waals surface area contributed by atoms with Crippen LogP contribution >= 0.6 is 0 Å². The Kier molecular flexibility index (Phi) is 7.06. The predicted octanol–water partition coefficient (Wildman–Crippen LogP) is 0.433. The second kappa shape index (κ2) is 7.53. The molecule has 4 heteroatoms. The molecule has 0 radical (unpaired) electrons. The van der Waals surface area contributed by atoms with Gasteiger partial charge >= 0.3 is 0 Å². The fraction of sp³-hybridized carbons (Fsp3) is 0.700. The molecule has 0 aromatic rings. The Hall–Kier alpha value is -0.870. The van der Waals surface area contributed by atoms with Crippen molar-refractivity contribution in [3.63, 3.8) is 0 Å². The van der Waals surface area contributed by atoms with E-state index in [0.717, 1.165) is 12.1 Å². The molecule has 0 rings (SSSR count). The van der Waals surface area contributed by atoms with Crippen LogP contribution in [0.5, 0.6) is 0 Å². The lowest BCUT2D eigenvalue weighted by Gasteiger charge is -2.11. The highest BCUT2D eigenvalue weighted by Gasteiger charge is 2.03. The van der Waals surface area contributed by atoms with Gasteiger partial charge in [-0.1, -0.05) is 12.2 Å². The van der Waals surface area contributed by atoms with Crippen LogP contribution in [0.1, 0.15) is 20.3 Å². The lowest BCUT2D eigenvalue weighted by Crippen LogP contribution is -2.33. The van der Waals surface area contributed by atoms with Crippen LogP contribution in [-0.2, 0) is 9.53 Å². The van der Waals surface area contributed by atoms with E-state index in [0.29, 0.717) is 19.6 Å². The first-order chi connectivity index (χ1) is 6.52. The Morgan fingerprint density at radius 3 is 2.79 bits per heavy atom. The monoisotopic (exact) mass is 200 g/mol. The van der Waals surface area contributed by atoms with Gasteiger partial charge in [0.2, 0.25) is 5.91 Å². The molecule has 0 bridgehead atoms. The van der Waals surface area contributed by atoms with E-state index in [2.05, 4.69) is 11.9 Å². The number of primary amides is 1. The van der Waals surface area contributed by atoms with Gasteiger partial charge in [-0.05, 0) is 13.8 Å². The average molecular weight is 200 g/mol. The van der Waals surface area contributed by atoms with Gasteiger partial charge in [-0.3, -0.25) is 4.79 Å². The lowest BCUT2D eigenvalue weighted by atomic mass is 10.2. The minimum Gasteiger partial charge on any atom is -0.376 e. The molecule has 1 unspecified atom stereocenters. The van der Waals surface area contributed by atoms with Crippen molar-refractivity contribution in [3.8, 4) is 0 Å². The van der Waals surface area contributed by atoms with Gasteiger partial charge in [-0.15, -0.1) is 0 Å². The molecule has 0 aliphatic rings. The summed E-state index contributed by atoms with van der Waals surface area (Å²) in [6.45, 7) is 9.49. The maximum absolute atomic E-state index is 10.5. The van der Waals surface area contributed by atoms with E-state index in [1.165, 1.54) is 0 Å². The van der Waals surface area contributed by atoms with E-state index in [1.807, 2.05) is 13.8 Å². The van der Waals surface area contributed by atoms with Crippen LogP contribution in [0.25, 0.3) is 0 Å². The summed E-state index contributed by atoms with van der Waals surface area (Å²) in [5.41, 5.74) is 6.05. The Bertz CT molecular complexity index is 193. The number of nitrogens with two attached hydrogens (primary N) is 1. The third-order valence-corrected chi connectivity index (χ3v) is 1.60. The molecular weight excluding hydrogens is 180 g/mol. The number of hydrogen-bond donors (Lipinski definition) is 2. The number of carbonyl (C=O) groups is 1. The van der Waals surface area contributed by atoms with Crippen molar-refractivity contribution >= 4 is 5.91 Å². The molecule has 3 N–H and O–H groups in total. The molecule has 0 aliphatic carbocycles. The first kappa shape index (κ1) is 13.1. The Labute approximate surface area is 85.5 Å². The van der Waals surface area contributed by atoms with Gasteiger partial charge in [0.15, 0.2) is 0 Å². The van der Waals surface area contributed by atoms with Gasteiger partial charge < -0.3 is 15.8 Å². The number of amides is 1. The third-order valence-electron chi connectivity index (χ3n) is 1.60. The van der Waals surface area contributed by atoms with E-state index in [4.69, 9.17) is 10.5 Å². The zero-order valence-electron chi connectivity index (χ0n) is 9.01. The quantitative estimate of drug-likeness (QED) is 0.441. The van der Waals surface area contributed by atoms with Crippen LogP contribution in [0.2, 0.25) is 0 Å². The Morgan fingerprint density at radius 1 is 1.64 bits per heavy atom. The number of ether oxygens (including phenoxy) is 1. The summed E-state index contributed by atoms with van der Waals surface area (Å²) < 4.78 is 5.27. The maximum atomic E-state index is 10.5. The van der Waals surface area contributed by atoms with Crippen molar-refractivity contribution in [1.29, 1.82) is 0 Å². The van der Waals surface area contributed by atoms with Crippen LogP contribution in [0.4, 0.5) is 0 Å². The largest absolute Gasteiger partial charge is 0.376 e. The molecular formula is C10H20N2O2. The second-order valence-corrected chi connectivity index (χ2v) is 3.54. The van der Waals surface area contributed by atoms with E-state index in [9.17, 15) is 4.79 Å². The molecule has 0 aliphatic heterocycles. The second-order valence-electron chi connectivity index (χ2n) is 3.54. The fourth-order valence-corrected chi connectivity index (χ4v) is 0.998. The third kappa shape index (κ3) is 9.22. The van der Waals surface area contributed by atoms with Crippen LogP contribution in [-0.4, -0.2) is 31.7 Å². The molecule has 14 heavy (non-hydrogen) atoms. The smallest absolute Gasteiger partial charge is 0.218 e. The van der Waals surface area contributed by atoms with Crippen molar-refractivity contribution in [2.24, 2.45) is 5.73 Å². The van der Waals surface area contributed by atoms with Gasteiger partial charge in [0, 0.05) is 19.0 Å². The van der Waals surface area contributed by atoms with Gasteiger partial charge in [0.25, 0.3) is 0 Å². The van der Waals surface area contributed by atoms with Crippen molar-refractivity contribution in [1.82, 2.24) is 5.32 Å². The average Bonchev–Trinajstić information content (AvgIpc) is 2.01. The molecule has 1 amide bonds. The number of rotatable bonds is 8. The SMILES string of the molecule is C=C(C)COCCNC(C)CC(N)=O. The van der Waals surface area contributed by atoms with Gasteiger partial charge in [-0.25, -0.2) is 0 Å². The van der Waals surface area contributed by atoms with E-state index >= 15 is 0 Å². The van der Waals surface area contributed by atoms with Gasteiger partial charge in [0.05, 0.1) is 13.2 Å². The molecule has 0 saturated heterocycles. The van der Waals surface area contributed by atoms with E-state index in [-0.39, 0.29) is 11.9 Å². The van der Waals surface area contributed by atoms with Crippen LogP contribution < -0.4 is 11.1 Å². The van der Waals surface area contributed by atoms with Crippen LogP contribution in [0, 0.1) is 0 Å². The molecule has 0 fully saturated rings. The lowest BCUT2D eigenvalue weighted by molar-refractivity contribution is -0.118. The molecule has 1 atom stereocenters. The van der Waals surface area contributed by atoms with Crippen molar-refractivity contribution in [2.45, 2.75) is 26.3 Å². The van der Waals surface area contributed by atoms with Crippen molar-refractivity contribution < 1.29 is 9.53 Å². The molecule has 82 valence electrons. The summed E-state index contributed by atoms with van der Waals surface area (Å²) in [6, 6.07) is 0.112. The van der Waals surface area contributed by atoms with E-state index < -0.39 is 0 Å². The standard InChI is InChI=1S/C10H20N2O2/c1-8(2)7-14-5-4-12-9(3)6-10(11)13/h9,12H,1,4-7H2,2-3H3,(H2,11,13). The Balaban J connectivity index is 3.27. The summed E-state index contributed by atoms with van der Waals surface area (Å²) in [4.78, 5) is 10.5. The highest BCUT2D eigenvalue weighted by molar-refractivity contribution is 5.74. The summed E-state index contributed by atoms with van der Waals surface area (Å²) in [5, 5.41) is 3.13. The topological polar surface area (TPSA) is 64.3 Å². The molecule has 0 spiro atoms. The van der Waals surface area contributed by atoms with Crippen molar-refractivity contribution in [2.75, 3.05) is 19.8 Å². The zero-order chi connectivity index (χ0) is 11.0. The van der Waals surface area contributed by atoms with Gasteiger partial charge in [0.1, 0.15) is 0 Å². The predicted molar refractivity (Wildman–Crippen MR) is 56.9 cm³/mol. The normalized spacial score (nSPS) is 12.4. The van der Waals surface area contributed by atoms with Crippen molar-refractivity contribution in [3.05, 3.63) is 12.2 Å². The molecule has 0 heterocycles. The summed E-state index contributed by atoms with van der Waals surface area (Å²) in [5.74, 6) is -0.284. The first-order valence-corrected chi connectivity index (χ1v) is 4.76. The Morgan fingerprint density at radius 2 is 2.29 bits per heavy atom. The summed E-state index contributed by atoms with van der Waals surface area (Å²) in [7, 11) is 0. The zero-order valence-corrected chi connectivity index (χ0v) is 9.01. The maximum Gasteiger partial charge on any atom is 0.218 e. The van der Waals surface area contributed by atoms with Gasteiger partial charge in [-0.2, -0.15) is 0 Å². The highest BCUT2D eigenvalue weighted by atomic mass is 16.5.